The number of hydrogen-bond acceptors (Lipinski definition) is 3. The highest BCUT2D eigenvalue weighted by Gasteiger charge is 2.53. The average Bonchev–Trinajstić information content (AvgIpc) is 2.74. The van der Waals surface area contributed by atoms with Crippen molar-refractivity contribution in [3.63, 3.8) is 0 Å². The molecule has 0 N–H and O–H groups in total. The molecule has 2 bridgehead atoms. The molecule has 0 amide bonds. The summed E-state index contributed by atoms with van der Waals surface area (Å²) in [6, 6.07) is 0.586. The Bertz CT molecular complexity index is 275. The van der Waals surface area contributed by atoms with Gasteiger partial charge in [-0.25, -0.2) is 0 Å². The van der Waals surface area contributed by atoms with Gasteiger partial charge < -0.3 is 9.64 Å². The Hall–Kier alpha value is -0.120. The number of nitrogens with zero attached hydrogens (tertiary/aromatic N) is 2. The van der Waals surface area contributed by atoms with E-state index < -0.39 is 0 Å². The summed E-state index contributed by atoms with van der Waals surface area (Å²) < 4.78 is 5.37. The SMILES string of the molecule is COCC(C)N1CCCC12CN1CCC2CC1. The minimum absolute atomic E-state index is 0.508. The highest BCUT2D eigenvalue weighted by Crippen LogP contribution is 2.46. The molecule has 0 aromatic rings. The molecule has 98 valence electrons. The number of hydrogen-bond donors (Lipinski definition) is 0. The summed E-state index contributed by atoms with van der Waals surface area (Å²) in [4.78, 5) is 5.48. The molecule has 0 radical (unpaired) electrons. The van der Waals surface area contributed by atoms with Crippen LogP contribution >= 0.6 is 0 Å². The van der Waals surface area contributed by atoms with Gasteiger partial charge in [0.2, 0.25) is 0 Å². The van der Waals surface area contributed by atoms with Crippen LogP contribution in [-0.4, -0.2) is 61.3 Å². The first kappa shape index (κ1) is 11.9. The fourth-order valence-electron chi connectivity index (χ4n) is 4.67. The predicted molar refractivity (Wildman–Crippen MR) is 69.2 cm³/mol. The standard InChI is InChI=1S/C14H26N2O/c1-12(10-17-2)16-7-3-6-14(16)11-15-8-4-13(14)5-9-15/h12-13H,3-11H2,1-2H3. The molecule has 2 atom stereocenters. The van der Waals surface area contributed by atoms with Crippen LogP contribution in [0.25, 0.3) is 0 Å². The van der Waals surface area contributed by atoms with E-state index in [2.05, 4.69) is 16.7 Å². The zero-order valence-corrected chi connectivity index (χ0v) is 11.3. The van der Waals surface area contributed by atoms with Crippen molar-refractivity contribution in [3.8, 4) is 0 Å². The smallest absolute Gasteiger partial charge is 0.0615 e. The van der Waals surface area contributed by atoms with Gasteiger partial charge in [0.1, 0.15) is 0 Å². The Morgan fingerprint density at radius 2 is 2.06 bits per heavy atom. The van der Waals surface area contributed by atoms with Crippen molar-refractivity contribution < 1.29 is 4.74 Å². The fourth-order valence-corrected chi connectivity index (χ4v) is 4.67. The second-order valence-corrected chi connectivity index (χ2v) is 6.26. The summed E-state index contributed by atoms with van der Waals surface area (Å²) in [5.41, 5.74) is 0.508. The van der Waals surface area contributed by atoms with Crippen LogP contribution in [0.15, 0.2) is 0 Å². The maximum Gasteiger partial charge on any atom is 0.0615 e. The summed E-state index contributed by atoms with van der Waals surface area (Å²) in [5, 5.41) is 0. The predicted octanol–water partition coefficient (Wildman–Crippen LogP) is 1.58. The van der Waals surface area contributed by atoms with Crippen molar-refractivity contribution in [2.45, 2.75) is 44.2 Å². The average molecular weight is 238 g/mol. The lowest BCUT2D eigenvalue weighted by atomic mass is 9.71. The lowest BCUT2D eigenvalue weighted by molar-refractivity contribution is -0.0744. The minimum atomic E-state index is 0.508. The number of piperidine rings is 3. The van der Waals surface area contributed by atoms with Crippen LogP contribution in [0.5, 0.6) is 0 Å². The van der Waals surface area contributed by atoms with E-state index in [1.54, 1.807) is 0 Å². The molecule has 2 unspecified atom stereocenters. The third-order valence-electron chi connectivity index (χ3n) is 5.37. The number of ether oxygens (including phenoxy) is 1. The number of likely N-dealkylation sites (tertiary alicyclic amines) is 1. The second kappa shape index (κ2) is 4.52. The van der Waals surface area contributed by atoms with E-state index in [9.17, 15) is 0 Å². The van der Waals surface area contributed by atoms with Gasteiger partial charge in [0.25, 0.3) is 0 Å². The monoisotopic (exact) mass is 238 g/mol. The topological polar surface area (TPSA) is 15.7 Å². The highest BCUT2D eigenvalue weighted by molar-refractivity contribution is 5.09. The summed E-state index contributed by atoms with van der Waals surface area (Å²) in [6.07, 6.45) is 5.66. The van der Waals surface area contributed by atoms with Crippen LogP contribution in [0.1, 0.15) is 32.6 Å². The highest BCUT2D eigenvalue weighted by atomic mass is 16.5. The van der Waals surface area contributed by atoms with Gasteiger partial charge in [-0.1, -0.05) is 0 Å². The Morgan fingerprint density at radius 3 is 2.65 bits per heavy atom. The molecule has 4 saturated heterocycles. The van der Waals surface area contributed by atoms with E-state index >= 15 is 0 Å². The Kier molecular flexibility index (Phi) is 3.18. The van der Waals surface area contributed by atoms with E-state index in [-0.39, 0.29) is 0 Å². The first-order valence-electron chi connectivity index (χ1n) is 7.24. The first-order valence-corrected chi connectivity index (χ1v) is 7.24. The Labute approximate surface area is 105 Å². The molecule has 0 saturated carbocycles. The summed E-state index contributed by atoms with van der Waals surface area (Å²) in [6.45, 7) is 8.53. The van der Waals surface area contributed by atoms with Crippen LogP contribution in [0.3, 0.4) is 0 Å². The van der Waals surface area contributed by atoms with Gasteiger partial charge in [0, 0.05) is 25.2 Å². The first-order chi connectivity index (χ1) is 8.26. The maximum absolute atomic E-state index is 5.37. The summed E-state index contributed by atoms with van der Waals surface area (Å²) in [5.74, 6) is 0.953. The lowest BCUT2D eigenvalue weighted by Gasteiger charge is -2.57. The van der Waals surface area contributed by atoms with Gasteiger partial charge in [-0.15, -0.1) is 0 Å². The van der Waals surface area contributed by atoms with E-state index in [1.165, 1.54) is 51.9 Å². The van der Waals surface area contributed by atoms with Crippen molar-refractivity contribution in [2.24, 2.45) is 5.92 Å². The fraction of sp³-hybridized carbons (Fsp3) is 1.00. The Balaban J connectivity index is 1.80. The van der Waals surface area contributed by atoms with Crippen LogP contribution in [0, 0.1) is 5.92 Å². The van der Waals surface area contributed by atoms with E-state index in [1.807, 2.05) is 7.11 Å². The third-order valence-corrected chi connectivity index (χ3v) is 5.37. The molecule has 1 spiro atoms. The van der Waals surface area contributed by atoms with Crippen molar-refractivity contribution >= 4 is 0 Å². The summed E-state index contributed by atoms with van der Waals surface area (Å²) >= 11 is 0. The van der Waals surface area contributed by atoms with Crippen molar-refractivity contribution in [2.75, 3.05) is 39.9 Å². The molecule has 0 aliphatic carbocycles. The minimum Gasteiger partial charge on any atom is -0.383 e. The number of methoxy groups -OCH3 is 1. The van der Waals surface area contributed by atoms with Gasteiger partial charge in [-0.3, -0.25) is 4.90 Å². The van der Waals surface area contributed by atoms with Gasteiger partial charge >= 0.3 is 0 Å². The number of rotatable bonds is 3. The molecule has 4 aliphatic heterocycles. The van der Waals surface area contributed by atoms with E-state index in [0.717, 1.165) is 12.5 Å². The molecule has 3 nitrogen and oxygen atoms in total. The van der Waals surface area contributed by atoms with Crippen molar-refractivity contribution in [1.29, 1.82) is 0 Å². The number of fused-ring (bicyclic) bond motifs is 2. The van der Waals surface area contributed by atoms with E-state index in [0.29, 0.717) is 11.6 Å². The molecule has 3 heteroatoms. The molecule has 17 heavy (non-hydrogen) atoms. The molecule has 0 aromatic heterocycles. The van der Waals surface area contributed by atoms with Crippen molar-refractivity contribution in [3.05, 3.63) is 0 Å². The van der Waals surface area contributed by atoms with Gasteiger partial charge in [-0.05, 0) is 58.2 Å². The van der Waals surface area contributed by atoms with Gasteiger partial charge in [0.05, 0.1) is 6.61 Å². The molecule has 4 aliphatic rings. The molecule has 4 fully saturated rings. The quantitative estimate of drug-likeness (QED) is 0.742. The molecule has 0 aromatic carbocycles. The van der Waals surface area contributed by atoms with Crippen LogP contribution < -0.4 is 0 Å². The second-order valence-electron chi connectivity index (χ2n) is 6.26. The van der Waals surface area contributed by atoms with Crippen LogP contribution in [0.2, 0.25) is 0 Å². The largest absolute Gasteiger partial charge is 0.383 e. The maximum atomic E-state index is 5.37. The van der Waals surface area contributed by atoms with Crippen molar-refractivity contribution in [1.82, 2.24) is 9.80 Å². The lowest BCUT2D eigenvalue weighted by Crippen LogP contribution is -2.66. The molecular weight excluding hydrogens is 212 g/mol. The Morgan fingerprint density at radius 1 is 1.29 bits per heavy atom. The van der Waals surface area contributed by atoms with Gasteiger partial charge in [0.15, 0.2) is 0 Å². The van der Waals surface area contributed by atoms with Crippen LogP contribution in [-0.2, 0) is 4.74 Å². The van der Waals surface area contributed by atoms with E-state index in [4.69, 9.17) is 4.74 Å². The molecule has 4 rings (SSSR count). The summed E-state index contributed by atoms with van der Waals surface area (Å²) in [7, 11) is 1.83. The zero-order chi connectivity index (χ0) is 11.9. The molecular formula is C14H26N2O. The van der Waals surface area contributed by atoms with Crippen LogP contribution in [0.4, 0.5) is 0 Å². The molecule has 4 heterocycles. The zero-order valence-electron chi connectivity index (χ0n) is 11.3. The normalized spacial score (nSPS) is 43.4. The van der Waals surface area contributed by atoms with Gasteiger partial charge in [-0.2, -0.15) is 0 Å². The third kappa shape index (κ3) is 1.83.